The quantitative estimate of drug-likeness (QED) is 0.511. The van der Waals surface area contributed by atoms with Crippen molar-refractivity contribution in [3.63, 3.8) is 0 Å². The first-order valence-electron chi connectivity index (χ1n) is 8.75. The fraction of sp³-hybridized carbons (Fsp3) is 0.263. The highest BCUT2D eigenvalue weighted by molar-refractivity contribution is 7.99. The number of methoxy groups -OCH3 is 4. The molecule has 0 radical (unpaired) electrons. The number of nitrogens with zero attached hydrogens (tertiary/aromatic N) is 4. The lowest BCUT2D eigenvalue weighted by Crippen LogP contribution is -2.15. The van der Waals surface area contributed by atoms with Crippen LogP contribution in [0.3, 0.4) is 0 Å². The summed E-state index contributed by atoms with van der Waals surface area (Å²) in [5.41, 5.74) is 1.19. The highest BCUT2D eigenvalue weighted by Gasteiger charge is 2.15. The smallest absolute Gasteiger partial charge is 0.234 e. The molecule has 1 N–H and O–H groups in total. The van der Waals surface area contributed by atoms with Crippen molar-refractivity contribution in [3.05, 3.63) is 36.4 Å². The van der Waals surface area contributed by atoms with Crippen molar-refractivity contribution in [2.75, 3.05) is 39.5 Å². The van der Waals surface area contributed by atoms with Crippen molar-refractivity contribution < 1.29 is 23.7 Å². The third-order valence-corrected chi connectivity index (χ3v) is 4.99. The Labute approximate surface area is 177 Å². The summed E-state index contributed by atoms with van der Waals surface area (Å²) in [7, 11) is 6.20. The van der Waals surface area contributed by atoms with Gasteiger partial charge in [0.1, 0.15) is 11.5 Å². The van der Waals surface area contributed by atoms with Crippen molar-refractivity contribution in [1.29, 1.82) is 0 Å². The molecule has 2 aromatic carbocycles. The zero-order chi connectivity index (χ0) is 21.5. The Morgan fingerprint density at radius 3 is 2.40 bits per heavy atom. The molecule has 0 unspecified atom stereocenters. The predicted octanol–water partition coefficient (Wildman–Crippen LogP) is 2.43. The first-order chi connectivity index (χ1) is 14.6. The number of tetrazole rings is 1. The molecule has 1 aromatic heterocycles. The minimum atomic E-state index is -0.242. The largest absolute Gasteiger partial charge is 0.497 e. The average molecular weight is 431 g/mol. The van der Waals surface area contributed by atoms with Gasteiger partial charge in [0.15, 0.2) is 11.5 Å². The number of carbonyl (C=O) groups excluding carboxylic acids is 1. The molecule has 3 rings (SSSR count). The van der Waals surface area contributed by atoms with Gasteiger partial charge in [-0.2, -0.15) is 4.68 Å². The van der Waals surface area contributed by atoms with Crippen molar-refractivity contribution >= 4 is 23.4 Å². The second-order valence-corrected chi connectivity index (χ2v) is 6.76. The fourth-order valence-electron chi connectivity index (χ4n) is 2.62. The lowest BCUT2D eigenvalue weighted by atomic mass is 10.2. The van der Waals surface area contributed by atoms with Crippen LogP contribution in [0.1, 0.15) is 0 Å². The number of benzene rings is 2. The molecule has 0 atom stereocenters. The van der Waals surface area contributed by atoms with Crippen LogP contribution in [0.2, 0.25) is 0 Å². The maximum absolute atomic E-state index is 12.5. The molecule has 0 fully saturated rings. The minimum absolute atomic E-state index is 0.0913. The van der Waals surface area contributed by atoms with Gasteiger partial charge in [-0.15, -0.1) is 5.10 Å². The van der Waals surface area contributed by atoms with E-state index >= 15 is 0 Å². The average Bonchev–Trinajstić information content (AvgIpc) is 3.25. The summed E-state index contributed by atoms with van der Waals surface area (Å²) in [6, 6.07) is 10.5. The maximum Gasteiger partial charge on any atom is 0.234 e. The van der Waals surface area contributed by atoms with Gasteiger partial charge in [0.2, 0.25) is 11.1 Å². The first-order valence-corrected chi connectivity index (χ1v) is 9.73. The van der Waals surface area contributed by atoms with Crippen LogP contribution < -0.4 is 24.3 Å². The molecule has 0 saturated carbocycles. The Bertz CT molecular complexity index is 1030. The lowest BCUT2D eigenvalue weighted by Gasteiger charge is -2.12. The molecule has 0 aliphatic carbocycles. The Kier molecular flexibility index (Phi) is 6.96. The maximum atomic E-state index is 12.5. The van der Waals surface area contributed by atoms with Crippen molar-refractivity contribution in [3.8, 4) is 28.7 Å². The summed E-state index contributed by atoms with van der Waals surface area (Å²) in [5, 5.41) is 15.0. The number of carbonyl (C=O) groups is 1. The minimum Gasteiger partial charge on any atom is -0.497 e. The Hall–Kier alpha value is -3.47. The van der Waals surface area contributed by atoms with Crippen molar-refractivity contribution in [2.24, 2.45) is 0 Å². The Morgan fingerprint density at radius 1 is 0.967 bits per heavy atom. The highest BCUT2D eigenvalue weighted by Crippen LogP contribution is 2.31. The molecule has 158 valence electrons. The summed E-state index contributed by atoms with van der Waals surface area (Å²) in [5.74, 6) is 2.13. The van der Waals surface area contributed by atoms with E-state index in [0.29, 0.717) is 39.5 Å². The van der Waals surface area contributed by atoms with Crippen molar-refractivity contribution in [1.82, 2.24) is 20.2 Å². The SMILES string of the molecule is COc1ccc(OC)c(NC(=O)CSc2nnnn2-c2ccc(OC)c(OC)c2)c1. The third-order valence-electron chi connectivity index (χ3n) is 4.07. The van der Waals surface area contributed by atoms with E-state index in [1.54, 1.807) is 57.7 Å². The number of hydrogen-bond donors (Lipinski definition) is 1. The molecule has 0 saturated heterocycles. The number of nitrogens with one attached hydrogen (secondary N) is 1. The van der Waals surface area contributed by atoms with Crippen LogP contribution in [0, 0.1) is 0 Å². The zero-order valence-electron chi connectivity index (χ0n) is 16.9. The fourth-order valence-corrected chi connectivity index (χ4v) is 3.31. The lowest BCUT2D eigenvalue weighted by molar-refractivity contribution is -0.113. The van der Waals surface area contributed by atoms with Gasteiger partial charge in [0.25, 0.3) is 0 Å². The van der Waals surface area contributed by atoms with Gasteiger partial charge < -0.3 is 24.3 Å². The molecular formula is C19H21N5O5S. The second-order valence-electron chi connectivity index (χ2n) is 5.82. The zero-order valence-corrected chi connectivity index (χ0v) is 17.7. The van der Waals surface area contributed by atoms with Gasteiger partial charge in [0.05, 0.1) is 45.6 Å². The summed E-state index contributed by atoms with van der Waals surface area (Å²) in [6.45, 7) is 0. The number of thioether (sulfide) groups is 1. The van der Waals surface area contributed by atoms with Gasteiger partial charge in [-0.1, -0.05) is 11.8 Å². The van der Waals surface area contributed by atoms with Gasteiger partial charge in [-0.25, -0.2) is 0 Å². The van der Waals surface area contributed by atoms with Crippen LogP contribution in [0.5, 0.6) is 23.0 Å². The van der Waals surface area contributed by atoms with E-state index in [1.165, 1.54) is 23.6 Å². The van der Waals surface area contributed by atoms with Gasteiger partial charge >= 0.3 is 0 Å². The van der Waals surface area contributed by atoms with Crippen LogP contribution in [0.4, 0.5) is 5.69 Å². The number of ether oxygens (including phenoxy) is 4. The van der Waals surface area contributed by atoms with Gasteiger partial charge in [-0.3, -0.25) is 4.79 Å². The van der Waals surface area contributed by atoms with Crippen molar-refractivity contribution in [2.45, 2.75) is 5.16 Å². The number of amides is 1. The standard InChI is InChI=1S/C19H21N5O5S/c1-26-13-6-8-15(27-2)14(10-13)20-18(25)11-30-19-21-22-23-24(19)12-5-7-16(28-3)17(9-12)29-4/h5-10H,11H2,1-4H3,(H,20,25). The summed E-state index contributed by atoms with van der Waals surface area (Å²) in [6.07, 6.45) is 0. The molecule has 0 aliphatic heterocycles. The molecule has 10 nitrogen and oxygen atoms in total. The van der Waals surface area contributed by atoms with Crippen LogP contribution >= 0.6 is 11.8 Å². The van der Waals surface area contributed by atoms with E-state index in [-0.39, 0.29) is 11.7 Å². The first kappa shape index (κ1) is 21.2. The molecule has 1 amide bonds. The van der Waals surface area contributed by atoms with Gasteiger partial charge in [0, 0.05) is 12.1 Å². The van der Waals surface area contributed by atoms with E-state index in [9.17, 15) is 4.79 Å². The molecule has 1 heterocycles. The molecule has 30 heavy (non-hydrogen) atoms. The molecule has 0 aliphatic rings. The van der Waals surface area contributed by atoms with Crippen LogP contribution in [0.25, 0.3) is 5.69 Å². The normalized spacial score (nSPS) is 10.4. The Morgan fingerprint density at radius 2 is 1.70 bits per heavy atom. The molecular weight excluding hydrogens is 410 g/mol. The van der Waals surface area contributed by atoms with Crippen LogP contribution in [0.15, 0.2) is 41.6 Å². The van der Waals surface area contributed by atoms with E-state index in [2.05, 4.69) is 20.8 Å². The van der Waals surface area contributed by atoms with E-state index < -0.39 is 0 Å². The highest BCUT2D eigenvalue weighted by atomic mass is 32.2. The van der Waals surface area contributed by atoms with Crippen LogP contribution in [-0.4, -0.2) is 60.3 Å². The van der Waals surface area contributed by atoms with E-state index in [0.717, 1.165) is 0 Å². The monoisotopic (exact) mass is 431 g/mol. The predicted molar refractivity (Wildman–Crippen MR) is 111 cm³/mol. The number of rotatable bonds is 9. The summed E-state index contributed by atoms with van der Waals surface area (Å²) >= 11 is 1.19. The number of anilines is 1. The molecule has 0 spiro atoms. The topological polar surface area (TPSA) is 110 Å². The van der Waals surface area contributed by atoms with Gasteiger partial charge in [-0.05, 0) is 34.7 Å². The third kappa shape index (κ3) is 4.74. The molecule has 3 aromatic rings. The Balaban J connectivity index is 1.71. The summed E-state index contributed by atoms with van der Waals surface area (Å²) < 4.78 is 22.6. The molecule has 0 bridgehead atoms. The summed E-state index contributed by atoms with van der Waals surface area (Å²) in [4.78, 5) is 12.5. The van der Waals surface area contributed by atoms with E-state index in [1.807, 2.05) is 0 Å². The molecule has 11 heteroatoms. The van der Waals surface area contributed by atoms with Crippen LogP contribution in [-0.2, 0) is 4.79 Å². The number of hydrogen-bond acceptors (Lipinski definition) is 9. The van der Waals surface area contributed by atoms with E-state index in [4.69, 9.17) is 18.9 Å². The second kappa shape index (κ2) is 9.83. The number of aromatic nitrogens is 4.